The molecule has 0 atom stereocenters. The van der Waals surface area contributed by atoms with Crippen molar-refractivity contribution in [1.29, 1.82) is 0 Å². The third-order valence-corrected chi connectivity index (χ3v) is 4.19. The third-order valence-electron chi connectivity index (χ3n) is 3.73. The molecule has 4 N–H and O–H groups in total. The van der Waals surface area contributed by atoms with Crippen molar-refractivity contribution in [3.8, 4) is 11.5 Å². The summed E-state index contributed by atoms with van der Waals surface area (Å²) in [5.41, 5.74) is 4.10. The second-order valence-electron chi connectivity index (χ2n) is 7.50. The van der Waals surface area contributed by atoms with Crippen LogP contribution >= 0.6 is 7.60 Å². The number of anilines is 1. The summed E-state index contributed by atoms with van der Waals surface area (Å²) in [7, 11) is -4.23. The fourth-order valence-corrected chi connectivity index (χ4v) is 2.87. The van der Waals surface area contributed by atoms with Crippen LogP contribution in [0, 0.1) is 19.8 Å². The van der Waals surface area contributed by atoms with E-state index >= 15 is 0 Å². The lowest BCUT2D eigenvalue weighted by Crippen LogP contribution is -2.02. The van der Waals surface area contributed by atoms with E-state index in [0.29, 0.717) is 24.3 Å². The van der Waals surface area contributed by atoms with Crippen LogP contribution in [0.15, 0.2) is 30.3 Å². The number of nitrogens with one attached hydrogen (secondary N) is 1. The Morgan fingerprint density at radius 2 is 1.58 bits per heavy atom. The van der Waals surface area contributed by atoms with Gasteiger partial charge in [0.15, 0.2) is 6.35 Å². The van der Waals surface area contributed by atoms with Crippen molar-refractivity contribution in [2.45, 2.75) is 54.9 Å². The number of benzene rings is 2. The SMILES string of the molecule is CC.CC(C)C.Cc1cc(OCP(=O)(O)O)cc(C)c1Cc1ccc(O)c(NC=O)c1. The van der Waals surface area contributed by atoms with Crippen LogP contribution in [-0.4, -0.2) is 27.7 Å². The molecular formula is C23H36NO6P. The molecule has 0 radical (unpaired) electrons. The zero-order chi connectivity index (χ0) is 24.2. The molecule has 0 aliphatic rings. The minimum Gasteiger partial charge on any atom is -0.506 e. The number of carbonyl (C=O) groups excluding carboxylic acids is 1. The first kappa shape index (κ1) is 28.7. The van der Waals surface area contributed by atoms with Gasteiger partial charge < -0.3 is 24.9 Å². The van der Waals surface area contributed by atoms with Gasteiger partial charge in [0.1, 0.15) is 11.5 Å². The quantitative estimate of drug-likeness (QED) is 0.254. The number of hydrogen-bond acceptors (Lipinski definition) is 4. The molecule has 2 aromatic rings. The first-order valence-corrected chi connectivity index (χ1v) is 12.0. The largest absolute Gasteiger partial charge is 0.506 e. The molecule has 0 aliphatic heterocycles. The molecule has 31 heavy (non-hydrogen) atoms. The van der Waals surface area contributed by atoms with E-state index in [2.05, 4.69) is 26.1 Å². The summed E-state index contributed by atoms with van der Waals surface area (Å²) in [6.45, 7) is 14.3. The van der Waals surface area contributed by atoms with Crippen LogP contribution in [-0.2, 0) is 15.8 Å². The van der Waals surface area contributed by atoms with Gasteiger partial charge in [0.05, 0.1) is 5.69 Å². The Hall–Kier alpha value is -2.34. The molecule has 0 saturated carbocycles. The number of phenolic OH excluding ortho intramolecular Hbond substituents is 1. The third kappa shape index (κ3) is 11.6. The minimum atomic E-state index is -4.23. The fraction of sp³-hybridized carbons (Fsp3) is 0.435. The van der Waals surface area contributed by atoms with E-state index in [1.807, 2.05) is 27.7 Å². The zero-order valence-electron chi connectivity index (χ0n) is 19.5. The average molecular weight is 454 g/mol. The molecule has 2 rings (SSSR count). The van der Waals surface area contributed by atoms with Crippen LogP contribution in [0.1, 0.15) is 56.9 Å². The van der Waals surface area contributed by atoms with E-state index in [1.54, 1.807) is 24.3 Å². The highest BCUT2D eigenvalue weighted by molar-refractivity contribution is 7.51. The number of hydrogen-bond donors (Lipinski definition) is 4. The summed E-state index contributed by atoms with van der Waals surface area (Å²) in [6, 6.07) is 8.43. The lowest BCUT2D eigenvalue weighted by atomic mass is 9.95. The van der Waals surface area contributed by atoms with Crippen molar-refractivity contribution in [3.05, 3.63) is 52.6 Å². The van der Waals surface area contributed by atoms with Crippen molar-refractivity contribution in [3.63, 3.8) is 0 Å². The number of amides is 1. The Kier molecular flexibility index (Phi) is 12.8. The van der Waals surface area contributed by atoms with E-state index in [0.717, 1.165) is 28.2 Å². The van der Waals surface area contributed by atoms with Gasteiger partial charge in [-0.05, 0) is 72.7 Å². The fourth-order valence-electron chi connectivity index (χ4n) is 2.55. The average Bonchev–Trinajstić information content (AvgIpc) is 2.66. The summed E-state index contributed by atoms with van der Waals surface area (Å²) in [5.74, 6) is 1.22. The lowest BCUT2D eigenvalue weighted by Gasteiger charge is -2.15. The van der Waals surface area contributed by atoms with Crippen LogP contribution in [0.5, 0.6) is 11.5 Å². The molecule has 2 aromatic carbocycles. The van der Waals surface area contributed by atoms with Crippen LogP contribution in [0.3, 0.4) is 0 Å². The number of rotatable bonds is 7. The van der Waals surface area contributed by atoms with E-state index in [4.69, 9.17) is 14.5 Å². The van der Waals surface area contributed by atoms with Crippen molar-refractivity contribution >= 4 is 19.7 Å². The van der Waals surface area contributed by atoms with Gasteiger partial charge in [-0.1, -0.05) is 40.7 Å². The Balaban J connectivity index is 0.00000134. The van der Waals surface area contributed by atoms with Gasteiger partial charge in [0, 0.05) is 0 Å². The van der Waals surface area contributed by atoms with Crippen molar-refractivity contribution < 1.29 is 29.0 Å². The minimum absolute atomic E-state index is 0.00882. The summed E-state index contributed by atoms with van der Waals surface area (Å²) in [5, 5.41) is 12.1. The molecule has 174 valence electrons. The summed E-state index contributed by atoms with van der Waals surface area (Å²) >= 11 is 0. The van der Waals surface area contributed by atoms with Crippen molar-refractivity contribution in [2.24, 2.45) is 5.92 Å². The highest BCUT2D eigenvalue weighted by atomic mass is 31.2. The molecular weight excluding hydrogens is 417 g/mol. The van der Waals surface area contributed by atoms with Gasteiger partial charge in [0.2, 0.25) is 6.41 Å². The molecule has 0 bridgehead atoms. The molecule has 0 heterocycles. The first-order chi connectivity index (χ1) is 14.4. The highest BCUT2D eigenvalue weighted by Crippen LogP contribution is 2.35. The van der Waals surface area contributed by atoms with Crippen LogP contribution < -0.4 is 10.1 Å². The molecule has 0 saturated heterocycles. The van der Waals surface area contributed by atoms with Crippen molar-refractivity contribution in [1.82, 2.24) is 0 Å². The second-order valence-corrected chi connectivity index (χ2v) is 9.08. The number of aromatic hydroxyl groups is 1. The summed E-state index contributed by atoms with van der Waals surface area (Å²) in [6.07, 6.45) is 0.413. The van der Waals surface area contributed by atoms with E-state index in [1.165, 1.54) is 6.07 Å². The topological polar surface area (TPSA) is 116 Å². The monoisotopic (exact) mass is 453 g/mol. The van der Waals surface area contributed by atoms with Gasteiger partial charge in [-0.25, -0.2) is 0 Å². The number of ether oxygens (including phenoxy) is 1. The maximum atomic E-state index is 10.9. The molecule has 0 aliphatic carbocycles. The Labute approximate surface area is 185 Å². The molecule has 1 amide bonds. The summed E-state index contributed by atoms with van der Waals surface area (Å²) < 4.78 is 16.1. The molecule has 7 nitrogen and oxygen atoms in total. The smallest absolute Gasteiger partial charge is 0.362 e. The molecule has 8 heteroatoms. The molecule has 0 aromatic heterocycles. The normalized spacial score (nSPS) is 10.4. The predicted octanol–water partition coefficient (Wildman–Crippen LogP) is 5.37. The number of aryl methyl sites for hydroxylation is 2. The lowest BCUT2D eigenvalue weighted by molar-refractivity contribution is -0.105. The van der Waals surface area contributed by atoms with Crippen LogP contribution in [0.25, 0.3) is 0 Å². The Morgan fingerprint density at radius 3 is 2.03 bits per heavy atom. The Bertz CT molecular complexity index is 851. The zero-order valence-corrected chi connectivity index (χ0v) is 20.4. The van der Waals surface area contributed by atoms with E-state index in [-0.39, 0.29) is 5.75 Å². The number of phenols is 1. The van der Waals surface area contributed by atoms with Gasteiger partial charge in [0.25, 0.3) is 0 Å². The van der Waals surface area contributed by atoms with E-state index in [9.17, 15) is 14.5 Å². The van der Waals surface area contributed by atoms with Gasteiger partial charge in [-0.2, -0.15) is 0 Å². The molecule has 0 unspecified atom stereocenters. The van der Waals surface area contributed by atoms with Gasteiger partial charge in [-0.15, -0.1) is 0 Å². The Morgan fingerprint density at radius 1 is 1.06 bits per heavy atom. The predicted molar refractivity (Wildman–Crippen MR) is 126 cm³/mol. The number of carbonyl (C=O) groups is 1. The van der Waals surface area contributed by atoms with E-state index < -0.39 is 13.9 Å². The first-order valence-electron chi connectivity index (χ1n) is 10.2. The molecule has 0 spiro atoms. The summed E-state index contributed by atoms with van der Waals surface area (Å²) in [4.78, 5) is 28.4. The second kappa shape index (κ2) is 13.9. The van der Waals surface area contributed by atoms with Gasteiger partial charge in [-0.3, -0.25) is 9.36 Å². The molecule has 0 fully saturated rings. The van der Waals surface area contributed by atoms with Gasteiger partial charge >= 0.3 is 7.60 Å². The van der Waals surface area contributed by atoms with Crippen molar-refractivity contribution in [2.75, 3.05) is 11.7 Å². The maximum Gasteiger partial charge on any atom is 0.362 e. The maximum absolute atomic E-state index is 10.9. The standard InChI is InChI=1S/C17H20NO6P.C4H10.C2H6/c1-11-5-14(24-10-25(21,22)23)6-12(2)15(11)7-13-3-4-17(20)16(8-13)18-9-19;1-4(2)3;1-2/h3-6,8-9,20H,7,10H2,1-2H3,(H,18,19)(H2,21,22,23);4H,1-3H3;1-2H3. The highest BCUT2D eigenvalue weighted by Gasteiger charge is 2.15. The van der Waals surface area contributed by atoms with Crippen LogP contribution in [0.4, 0.5) is 5.69 Å². The van der Waals surface area contributed by atoms with Crippen LogP contribution in [0.2, 0.25) is 0 Å².